The third-order valence-corrected chi connectivity index (χ3v) is 7.26. The van der Waals surface area contributed by atoms with Crippen molar-refractivity contribution in [2.45, 2.75) is 37.6 Å². The summed E-state index contributed by atoms with van der Waals surface area (Å²) in [5.74, 6) is 0.418. The van der Waals surface area contributed by atoms with Gasteiger partial charge in [0, 0.05) is 62.2 Å². The molecule has 168 valence electrons. The molecule has 0 radical (unpaired) electrons. The molecule has 3 aromatic rings. The van der Waals surface area contributed by atoms with Crippen LogP contribution >= 0.6 is 11.6 Å². The zero-order valence-corrected chi connectivity index (χ0v) is 18.9. The molecule has 1 amide bonds. The summed E-state index contributed by atoms with van der Waals surface area (Å²) in [5.41, 5.74) is 1.42. The minimum absolute atomic E-state index is 0.0424. The fourth-order valence-electron chi connectivity index (χ4n) is 5.29. The van der Waals surface area contributed by atoms with E-state index in [1.165, 1.54) is 19.3 Å². The highest BCUT2D eigenvalue weighted by molar-refractivity contribution is 6.37. The van der Waals surface area contributed by atoms with Crippen molar-refractivity contribution in [2.24, 2.45) is 0 Å². The maximum Gasteiger partial charge on any atom is 0.253 e. The molecule has 0 atom stereocenters. The Labute approximate surface area is 193 Å². The normalized spacial score (nSPS) is 19.2. The lowest BCUT2D eigenvalue weighted by Gasteiger charge is -2.48. The largest absolute Gasteiger partial charge is 0.350 e. The van der Waals surface area contributed by atoms with Crippen molar-refractivity contribution in [1.82, 2.24) is 30.1 Å². The molecule has 2 aliphatic rings. The van der Waals surface area contributed by atoms with Gasteiger partial charge in [-0.2, -0.15) is 0 Å². The van der Waals surface area contributed by atoms with Crippen molar-refractivity contribution in [3.63, 3.8) is 0 Å². The van der Waals surface area contributed by atoms with Crippen molar-refractivity contribution >= 4 is 28.4 Å². The fraction of sp³-hybridized carbons (Fsp3) is 0.458. The maximum atomic E-state index is 13.5. The first kappa shape index (κ1) is 21.4. The van der Waals surface area contributed by atoms with Crippen LogP contribution in [0.15, 0.2) is 42.9 Å². The van der Waals surface area contributed by atoms with E-state index in [0.717, 1.165) is 49.9 Å². The van der Waals surface area contributed by atoms with Crippen molar-refractivity contribution in [1.29, 1.82) is 0 Å². The minimum Gasteiger partial charge on any atom is -0.350 e. The lowest BCUT2D eigenvalue weighted by Crippen LogP contribution is -2.61. The number of hydrogen-bond acceptors (Lipinski definition) is 5. The summed E-state index contributed by atoms with van der Waals surface area (Å²) in [6.07, 6.45) is 11.2. The van der Waals surface area contributed by atoms with Crippen LogP contribution in [0.5, 0.6) is 0 Å². The molecule has 0 bridgehead atoms. The van der Waals surface area contributed by atoms with Crippen LogP contribution < -0.4 is 10.6 Å². The van der Waals surface area contributed by atoms with E-state index in [1.54, 1.807) is 24.7 Å². The zero-order chi connectivity index (χ0) is 22.0. The molecule has 2 N–H and O–H groups in total. The van der Waals surface area contributed by atoms with Gasteiger partial charge in [0.05, 0.1) is 16.1 Å². The number of fused-ring (bicyclic) bond motifs is 1. The molecule has 1 aromatic carbocycles. The molecule has 1 saturated carbocycles. The molecule has 0 spiro atoms. The van der Waals surface area contributed by atoms with E-state index in [9.17, 15) is 4.79 Å². The van der Waals surface area contributed by atoms with Gasteiger partial charge in [0.2, 0.25) is 5.95 Å². The zero-order valence-electron chi connectivity index (χ0n) is 18.2. The standard InChI is InChI=1S/C24H29ClN6O/c25-19-6-4-7-20-21(19)18(16-31(20)23-27-10-5-11-28-23)22(32)29-17-24(8-2-1-3-9-24)30-14-12-26-13-15-30/h4-7,10-11,16,26H,1-3,8-9,12-15,17H2,(H,29,32). The van der Waals surface area contributed by atoms with Gasteiger partial charge in [-0.1, -0.05) is 36.9 Å². The van der Waals surface area contributed by atoms with Crippen LogP contribution in [-0.2, 0) is 0 Å². The molecule has 1 aliphatic heterocycles. The third kappa shape index (κ3) is 4.00. The second-order valence-electron chi connectivity index (χ2n) is 8.80. The Balaban J connectivity index is 1.44. The van der Waals surface area contributed by atoms with Crippen LogP contribution in [0.25, 0.3) is 16.9 Å². The second-order valence-corrected chi connectivity index (χ2v) is 9.21. The Morgan fingerprint density at radius 2 is 1.84 bits per heavy atom. The highest BCUT2D eigenvalue weighted by Crippen LogP contribution is 2.34. The quantitative estimate of drug-likeness (QED) is 0.620. The SMILES string of the molecule is O=C(NCC1(N2CCNCC2)CCCCC1)c1cn(-c2ncccn2)c2cccc(Cl)c12. The minimum atomic E-state index is -0.0992. The molecule has 7 nitrogen and oxygen atoms in total. The van der Waals surface area contributed by atoms with Gasteiger partial charge < -0.3 is 10.6 Å². The number of aromatic nitrogens is 3. The van der Waals surface area contributed by atoms with Crippen LogP contribution in [0.2, 0.25) is 5.02 Å². The molecular formula is C24H29ClN6O. The van der Waals surface area contributed by atoms with Gasteiger partial charge in [-0.3, -0.25) is 14.3 Å². The highest BCUT2D eigenvalue weighted by atomic mass is 35.5. The Bertz CT molecular complexity index is 1090. The predicted molar refractivity (Wildman–Crippen MR) is 126 cm³/mol. The monoisotopic (exact) mass is 452 g/mol. The van der Waals surface area contributed by atoms with E-state index < -0.39 is 0 Å². The van der Waals surface area contributed by atoms with Crippen LogP contribution in [0.4, 0.5) is 0 Å². The van der Waals surface area contributed by atoms with Crippen molar-refractivity contribution in [3.8, 4) is 5.95 Å². The topological polar surface area (TPSA) is 75.1 Å². The van der Waals surface area contributed by atoms with E-state index >= 15 is 0 Å². The second kappa shape index (κ2) is 9.17. The molecule has 1 saturated heterocycles. The van der Waals surface area contributed by atoms with Crippen LogP contribution in [0.3, 0.4) is 0 Å². The number of nitrogens with zero attached hydrogens (tertiary/aromatic N) is 4. The lowest BCUT2D eigenvalue weighted by atomic mass is 9.79. The highest BCUT2D eigenvalue weighted by Gasteiger charge is 2.38. The number of amides is 1. The summed E-state index contributed by atoms with van der Waals surface area (Å²) in [4.78, 5) is 24.8. The van der Waals surface area contributed by atoms with Crippen LogP contribution in [-0.4, -0.2) is 63.6 Å². The van der Waals surface area contributed by atoms with Crippen molar-refractivity contribution in [3.05, 3.63) is 53.4 Å². The number of nitrogens with one attached hydrogen (secondary N) is 2. The number of carbonyl (C=O) groups is 1. The number of hydrogen-bond donors (Lipinski definition) is 2. The summed E-state index contributed by atoms with van der Waals surface area (Å²) in [6.45, 7) is 4.75. The summed E-state index contributed by atoms with van der Waals surface area (Å²) in [5, 5.41) is 8.01. The fourth-order valence-corrected chi connectivity index (χ4v) is 5.56. The molecule has 1 aliphatic carbocycles. The first-order chi connectivity index (χ1) is 15.7. The lowest BCUT2D eigenvalue weighted by molar-refractivity contribution is 0.0379. The van der Waals surface area contributed by atoms with E-state index in [4.69, 9.17) is 11.6 Å². The first-order valence-corrected chi connectivity index (χ1v) is 11.9. The number of benzene rings is 1. The van der Waals surface area contributed by atoms with E-state index in [0.29, 0.717) is 23.1 Å². The smallest absolute Gasteiger partial charge is 0.253 e. The molecule has 5 rings (SSSR count). The number of rotatable bonds is 5. The van der Waals surface area contributed by atoms with Crippen molar-refractivity contribution < 1.29 is 4.79 Å². The van der Waals surface area contributed by atoms with Gasteiger partial charge in [0.1, 0.15) is 0 Å². The first-order valence-electron chi connectivity index (χ1n) is 11.5. The molecule has 0 unspecified atom stereocenters. The Morgan fingerprint density at radius 1 is 1.09 bits per heavy atom. The van der Waals surface area contributed by atoms with Crippen molar-refractivity contribution in [2.75, 3.05) is 32.7 Å². The summed E-state index contributed by atoms with van der Waals surface area (Å²) < 4.78 is 1.84. The van der Waals surface area contributed by atoms with Gasteiger partial charge in [0.15, 0.2) is 0 Å². The summed E-state index contributed by atoms with van der Waals surface area (Å²) in [7, 11) is 0. The molecular weight excluding hydrogens is 424 g/mol. The van der Waals surface area contributed by atoms with Gasteiger partial charge in [-0.15, -0.1) is 0 Å². The molecule has 3 heterocycles. The summed E-state index contributed by atoms with van der Waals surface area (Å²) >= 11 is 6.56. The Kier molecular flexibility index (Phi) is 6.13. The predicted octanol–water partition coefficient (Wildman–Crippen LogP) is 3.41. The van der Waals surface area contributed by atoms with E-state index in [-0.39, 0.29) is 11.4 Å². The molecule has 32 heavy (non-hydrogen) atoms. The Hall–Kier alpha value is -2.48. The average molecular weight is 453 g/mol. The summed E-state index contributed by atoms with van der Waals surface area (Å²) in [6, 6.07) is 7.42. The molecule has 2 fully saturated rings. The Morgan fingerprint density at radius 3 is 2.59 bits per heavy atom. The average Bonchev–Trinajstić information content (AvgIpc) is 3.25. The maximum absolute atomic E-state index is 13.5. The molecule has 2 aromatic heterocycles. The van der Waals surface area contributed by atoms with E-state index in [1.807, 2.05) is 22.8 Å². The van der Waals surface area contributed by atoms with Gasteiger partial charge in [-0.05, 0) is 31.0 Å². The number of carbonyl (C=O) groups excluding carboxylic acids is 1. The third-order valence-electron chi connectivity index (χ3n) is 6.94. The number of halogens is 1. The van der Waals surface area contributed by atoms with Crippen LogP contribution in [0.1, 0.15) is 42.5 Å². The number of piperazine rings is 1. The van der Waals surface area contributed by atoms with E-state index in [2.05, 4.69) is 25.5 Å². The van der Waals surface area contributed by atoms with Gasteiger partial charge in [-0.25, -0.2) is 9.97 Å². The molecule has 8 heteroatoms. The van der Waals surface area contributed by atoms with Gasteiger partial charge >= 0.3 is 0 Å². The van der Waals surface area contributed by atoms with Crippen LogP contribution in [0, 0.1) is 0 Å². The van der Waals surface area contributed by atoms with Gasteiger partial charge in [0.25, 0.3) is 5.91 Å².